The SMILES string of the molecule is CCC(C)NCCn1cc(Cl)c(C)n1. The lowest BCUT2D eigenvalue weighted by molar-refractivity contribution is 0.486. The molecule has 0 spiro atoms. The molecule has 1 aromatic heterocycles. The van der Waals surface area contributed by atoms with Crippen LogP contribution in [0, 0.1) is 6.92 Å². The van der Waals surface area contributed by atoms with Crippen molar-refractivity contribution in [2.24, 2.45) is 0 Å². The van der Waals surface area contributed by atoms with Crippen molar-refractivity contribution in [3.05, 3.63) is 16.9 Å². The maximum absolute atomic E-state index is 5.89. The molecule has 0 aliphatic carbocycles. The van der Waals surface area contributed by atoms with Crippen molar-refractivity contribution in [2.45, 2.75) is 39.8 Å². The van der Waals surface area contributed by atoms with Crippen molar-refractivity contribution in [3.63, 3.8) is 0 Å². The van der Waals surface area contributed by atoms with Gasteiger partial charge in [0.25, 0.3) is 0 Å². The first-order valence-corrected chi connectivity index (χ1v) is 5.44. The van der Waals surface area contributed by atoms with Gasteiger partial charge in [-0.2, -0.15) is 5.10 Å². The highest BCUT2D eigenvalue weighted by Crippen LogP contribution is 2.11. The van der Waals surface area contributed by atoms with Gasteiger partial charge in [0.2, 0.25) is 0 Å². The van der Waals surface area contributed by atoms with E-state index in [2.05, 4.69) is 24.3 Å². The molecule has 0 saturated carbocycles. The Kier molecular flexibility index (Phi) is 4.42. The molecule has 1 unspecified atom stereocenters. The summed E-state index contributed by atoms with van der Waals surface area (Å²) < 4.78 is 1.88. The predicted octanol–water partition coefficient (Wildman–Crippen LogP) is 2.23. The molecule has 0 saturated heterocycles. The molecule has 14 heavy (non-hydrogen) atoms. The first kappa shape index (κ1) is 11.5. The summed E-state index contributed by atoms with van der Waals surface area (Å²) in [5.74, 6) is 0. The molecule has 80 valence electrons. The van der Waals surface area contributed by atoms with Crippen LogP contribution in [0.2, 0.25) is 5.02 Å². The molecule has 1 atom stereocenters. The van der Waals surface area contributed by atoms with Crippen LogP contribution >= 0.6 is 11.6 Å². The van der Waals surface area contributed by atoms with Crippen LogP contribution in [0.4, 0.5) is 0 Å². The molecule has 1 N–H and O–H groups in total. The molecule has 1 rings (SSSR count). The lowest BCUT2D eigenvalue weighted by atomic mass is 10.3. The molecule has 0 bridgehead atoms. The highest BCUT2D eigenvalue weighted by atomic mass is 35.5. The van der Waals surface area contributed by atoms with E-state index in [1.807, 2.05) is 17.8 Å². The Bertz CT molecular complexity index is 263. The van der Waals surface area contributed by atoms with Gasteiger partial charge in [-0.05, 0) is 20.3 Å². The third kappa shape index (κ3) is 3.31. The Morgan fingerprint density at radius 2 is 2.36 bits per heavy atom. The average Bonchev–Trinajstić information content (AvgIpc) is 2.46. The van der Waals surface area contributed by atoms with Crippen LogP contribution in [0.25, 0.3) is 0 Å². The van der Waals surface area contributed by atoms with Gasteiger partial charge in [0, 0.05) is 18.8 Å². The standard InChI is InChI=1S/C10H18ClN3/c1-4-8(2)12-5-6-14-7-10(11)9(3)13-14/h7-8,12H,4-6H2,1-3H3. The van der Waals surface area contributed by atoms with Gasteiger partial charge in [0.05, 0.1) is 17.3 Å². The van der Waals surface area contributed by atoms with Gasteiger partial charge in [-0.3, -0.25) is 4.68 Å². The van der Waals surface area contributed by atoms with E-state index in [9.17, 15) is 0 Å². The fourth-order valence-corrected chi connectivity index (χ4v) is 1.33. The summed E-state index contributed by atoms with van der Waals surface area (Å²) in [4.78, 5) is 0. The summed E-state index contributed by atoms with van der Waals surface area (Å²) in [5, 5.41) is 8.43. The fraction of sp³-hybridized carbons (Fsp3) is 0.700. The Balaban J connectivity index is 2.31. The molecular weight excluding hydrogens is 198 g/mol. The molecule has 3 nitrogen and oxygen atoms in total. The van der Waals surface area contributed by atoms with Crippen molar-refractivity contribution < 1.29 is 0 Å². The molecule has 1 aromatic rings. The minimum atomic E-state index is 0.571. The Morgan fingerprint density at radius 1 is 1.64 bits per heavy atom. The van der Waals surface area contributed by atoms with Crippen molar-refractivity contribution >= 4 is 11.6 Å². The smallest absolute Gasteiger partial charge is 0.0814 e. The maximum Gasteiger partial charge on any atom is 0.0814 e. The second-order valence-corrected chi connectivity index (χ2v) is 4.00. The van der Waals surface area contributed by atoms with E-state index < -0.39 is 0 Å². The van der Waals surface area contributed by atoms with Crippen LogP contribution in [-0.4, -0.2) is 22.4 Å². The maximum atomic E-state index is 5.89. The second-order valence-electron chi connectivity index (χ2n) is 3.59. The van der Waals surface area contributed by atoms with Crippen LogP contribution < -0.4 is 5.32 Å². The van der Waals surface area contributed by atoms with E-state index in [-0.39, 0.29) is 0 Å². The first-order valence-electron chi connectivity index (χ1n) is 5.06. The summed E-state index contributed by atoms with van der Waals surface area (Å²) in [6, 6.07) is 0.571. The van der Waals surface area contributed by atoms with Crippen LogP contribution in [0.1, 0.15) is 26.0 Å². The lowest BCUT2D eigenvalue weighted by Gasteiger charge is -2.10. The van der Waals surface area contributed by atoms with E-state index in [0.29, 0.717) is 6.04 Å². The van der Waals surface area contributed by atoms with Crippen LogP contribution in [0.3, 0.4) is 0 Å². The highest BCUT2D eigenvalue weighted by Gasteiger charge is 2.01. The number of rotatable bonds is 5. The molecule has 0 radical (unpaired) electrons. The third-order valence-corrected chi connectivity index (χ3v) is 2.70. The molecule has 1 heterocycles. The summed E-state index contributed by atoms with van der Waals surface area (Å²) >= 11 is 5.89. The summed E-state index contributed by atoms with van der Waals surface area (Å²) in [7, 11) is 0. The largest absolute Gasteiger partial charge is 0.312 e. The number of hydrogen-bond acceptors (Lipinski definition) is 2. The third-order valence-electron chi connectivity index (χ3n) is 2.33. The zero-order valence-electron chi connectivity index (χ0n) is 9.05. The molecule has 0 aliphatic heterocycles. The summed E-state index contributed by atoms with van der Waals surface area (Å²) in [6.07, 6.45) is 3.02. The van der Waals surface area contributed by atoms with E-state index >= 15 is 0 Å². The Labute approximate surface area is 90.4 Å². The van der Waals surface area contributed by atoms with Crippen molar-refractivity contribution in [3.8, 4) is 0 Å². The quantitative estimate of drug-likeness (QED) is 0.817. The average molecular weight is 216 g/mol. The second kappa shape index (κ2) is 5.37. The Morgan fingerprint density at radius 3 is 2.86 bits per heavy atom. The molecule has 0 aromatic carbocycles. The fourth-order valence-electron chi connectivity index (χ4n) is 1.18. The van der Waals surface area contributed by atoms with Crippen LogP contribution in [0.5, 0.6) is 0 Å². The van der Waals surface area contributed by atoms with E-state index in [4.69, 9.17) is 11.6 Å². The van der Waals surface area contributed by atoms with Crippen LogP contribution in [-0.2, 0) is 6.54 Å². The summed E-state index contributed by atoms with van der Waals surface area (Å²) in [6.45, 7) is 8.08. The lowest BCUT2D eigenvalue weighted by Crippen LogP contribution is -2.28. The van der Waals surface area contributed by atoms with Crippen LogP contribution in [0.15, 0.2) is 6.20 Å². The first-order chi connectivity index (χ1) is 6.63. The highest BCUT2D eigenvalue weighted by molar-refractivity contribution is 6.31. The van der Waals surface area contributed by atoms with Gasteiger partial charge in [-0.25, -0.2) is 0 Å². The van der Waals surface area contributed by atoms with Crippen molar-refractivity contribution in [1.29, 1.82) is 0 Å². The molecule has 0 aliphatic rings. The normalized spacial score (nSPS) is 13.1. The van der Waals surface area contributed by atoms with Gasteiger partial charge in [-0.1, -0.05) is 18.5 Å². The molecular formula is C10H18ClN3. The van der Waals surface area contributed by atoms with Gasteiger partial charge < -0.3 is 5.32 Å². The predicted molar refractivity (Wildman–Crippen MR) is 59.7 cm³/mol. The van der Waals surface area contributed by atoms with Gasteiger partial charge in [-0.15, -0.1) is 0 Å². The minimum Gasteiger partial charge on any atom is -0.312 e. The number of aromatic nitrogens is 2. The zero-order valence-corrected chi connectivity index (χ0v) is 9.80. The van der Waals surface area contributed by atoms with Gasteiger partial charge >= 0.3 is 0 Å². The zero-order chi connectivity index (χ0) is 10.6. The monoisotopic (exact) mass is 215 g/mol. The number of hydrogen-bond donors (Lipinski definition) is 1. The van der Waals surface area contributed by atoms with Gasteiger partial charge in [0.1, 0.15) is 0 Å². The molecule has 0 fully saturated rings. The topological polar surface area (TPSA) is 29.9 Å². The number of halogens is 1. The number of nitrogens with zero attached hydrogens (tertiary/aromatic N) is 2. The summed E-state index contributed by atoms with van der Waals surface area (Å²) in [5.41, 5.74) is 0.898. The van der Waals surface area contributed by atoms with E-state index in [0.717, 1.165) is 30.2 Å². The molecule has 0 amide bonds. The minimum absolute atomic E-state index is 0.571. The molecule has 4 heteroatoms. The van der Waals surface area contributed by atoms with E-state index in [1.54, 1.807) is 0 Å². The van der Waals surface area contributed by atoms with Gasteiger partial charge in [0.15, 0.2) is 0 Å². The van der Waals surface area contributed by atoms with Crippen molar-refractivity contribution in [2.75, 3.05) is 6.54 Å². The van der Waals surface area contributed by atoms with Crippen molar-refractivity contribution in [1.82, 2.24) is 15.1 Å². The Hall–Kier alpha value is -0.540. The van der Waals surface area contributed by atoms with E-state index in [1.165, 1.54) is 0 Å². The number of aryl methyl sites for hydroxylation is 1. The number of nitrogens with one attached hydrogen (secondary N) is 1.